The standard InChI is InChI=1S/C21H18N4O4/c1-14-12-15(2)23-21(22-14)29-19-5-3-4-17(13-19)24-20(26)11-8-16-6-9-18(10-7-16)25(27)28/h3-13H,1-2H3,(H,24,26)/b11-8+. The fourth-order valence-corrected chi connectivity index (χ4v) is 2.54. The summed E-state index contributed by atoms with van der Waals surface area (Å²) in [5.41, 5.74) is 2.82. The third-order valence-corrected chi connectivity index (χ3v) is 3.80. The van der Waals surface area contributed by atoms with Gasteiger partial charge >= 0.3 is 6.01 Å². The number of hydrogen-bond donors (Lipinski definition) is 1. The zero-order valence-corrected chi connectivity index (χ0v) is 15.8. The first kappa shape index (κ1) is 19.7. The molecule has 0 bridgehead atoms. The predicted octanol–water partition coefficient (Wildman–Crippen LogP) is 4.45. The number of aromatic nitrogens is 2. The zero-order valence-electron chi connectivity index (χ0n) is 15.8. The van der Waals surface area contributed by atoms with Crippen molar-refractivity contribution in [3.63, 3.8) is 0 Å². The van der Waals surface area contributed by atoms with Gasteiger partial charge in [0, 0.05) is 41.4 Å². The number of nitrogens with zero attached hydrogens (tertiary/aromatic N) is 3. The molecule has 0 radical (unpaired) electrons. The number of amides is 1. The Balaban J connectivity index is 1.64. The van der Waals surface area contributed by atoms with Gasteiger partial charge in [-0.3, -0.25) is 14.9 Å². The lowest BCUT2D eigenvalue weighted by molar-refractivity contribution is -0.384. The van der Waals surface area contributed by atoms with Crippen LogP contribution in [-0.2, 0) is 4.79 Å². The first-order chi connectivity index (χ1) is 13.9. The second-order valence-corrected chi connectivity index (χ2v) is 6.23. The Morgan fingerprint density at radius 1 is 1.07 bits per heavy atom. The molecule has 8 heteroatoms. The number of non-ortho nitro benzene ring substituents is 1. The number of ether oxygens (including phenoxy) is 1. The van der Waals surface area contributed by atoms with Gasteiger partial charge in [0.25, 0.3) is 5.69 Å². The molecule has 1 N–H and O–H groups in total. The smallest absolute Gasteiger partial charge is 0.322 e. The van der Waals surface area contributed by atoms with Crippen LogP contribution in [0.15, 0.2) is 60.7 Å². The molecule has 0 saturated carbocycles. The second kappa shape index (κ2) is 8.75. The maximum absolute atomic E-state index is 12.1. The molecule has 0 spiro atoms. The largest absolute Gasteiger partial charge is 0.424 e. The van der Waals surface area contributed by atoms with Crippen LogP contribution in [0.2, 0.25) is 0 Å². The lowest BCUT2D eigenvalue weighted by Gasteiger charge is -2.08. The van der Waals surface area contributed by atoms with E-state index in [1.54, 1.807) is 42.5 Å². The molecule has 1 aromatic heterocycles. The van der Waals surface area contributed by atoms with E-state index in [0.717, 1.165) is 11.4 Å². The van der Waals surface area contributed by atoms with Gasteiger partial charge < -0.3 is 10.1 Å². The molecule has 3 aromatic rings. The van der Waals surface area contributed by atoms with Gasteiger partial charge in [-0.15, -0.1) is 0 Å². The minimum atomic E-state index is -0.474. The number of aryl methyl sites for hydroxylation is 2. The quantitative estimate of drug-likeness (QED) is 0.379. The molecule has 0 aliphatic rings. The van der Waals surface area contributed by atoms with Gasteiger partial charge in [-0.25, -0.2) is 9.97 Å². The Morgan fingerprint density at radius 3 is 2.41 bits per heavy atom. The number of rotatable bonds is 6. The maximum Gasteiger partial charge on any atom is 0.322 e. The van der Waals surface area contributed by atoms with Gasteiger partial charge in [0.05, 0.1) is 4.92 Å². The lowest BCUT2D eigenvalue weighted by atomic mass is 10.2. The fourth-order valence-electron chi connectivity index (χ4n) is 2.54. The van der Waals surface area contributed by atoms with Crippen molar-refractivity contribution in [2.75, 3.05) is 5.32 Å². The Kier molecular flexibility index (Phi) is 5.94. The van der Waals surface area contributed by atoms with E-state index in [4.69, 9.17) is 4.74 Å². The van der Waals surface area contributed by atoms with Crippen LogP contribution in [0.1, 0.15) is 17.0 Å². The van der Waals surface area contributed by atoms with Crippen LogP contribution in [0.4, 0.5) is 11.4 Å². The van der Waals surface area contributed by atoms with Crippen molar-refractivity contribution in [1.82, 2.24) is 9.97 Å². The minimum Gasteiger partial charge on any atom is -0.424 e. The summed E-state index contributed by atoms with van der Waals surface area (Å²) >= 11 is 0. The van der Waals surface area contributed by atoms with Crippen molar-refractivity contribution in [2.24, 2.45) is 0 Å². The monoisotopic (exact) mass is 390 g/mol. The molecule has 0 saturated heterocycles. The summed E-state index contributed by atoms with van der Waals surface area (Å²) in [5, 5.41) is 13.4. The average molecular weight is 390 g/mol. The number of benzene rings is 2. The highest BCUT2D eigenvalue weighted by Gasteiger charge is 2.06. The molecule has 0 aliphatic carbocycles. The van der Waals surface area contributed by atoms with Gasteiger partial charge in [-0.2, -0.15) is 0 Å². The van der Waals surface area contributed by atoms with Crippen LogP contribution in [0, 0.1) is 24.0 Å². The number of anilines is 1. The van der Waals surface area contributed by atoms with Crippen LogP contribution < -0.4 is 10.1 Å². The summed E-state index contributed by atoms with van der Waals surface area (Å²) in [4.78, 5) is 30.8. The summed E-state index contributed by atoms with van der Waals surface area (Å²) < 4.78 is 5.68. The first-order valence-electron chi connectivity index (χ1n) is 8.73. The van der Waals surface area contributed by atoms with Crippen molar-refractivity contribution in [3.05, 3.63) is 87.7 Å². The predicted molar refractivity (Wildman–Crippen MR) is 109 cm³/mol. The number of hydrogen-bond acceptors (Lipinski definition) is 6. The van der Waals surface area contributed by atoms with Crippen LogP contribution >= 0.6 is 0 Å². The highest BCUT2D eigenvalue weighted by molar-refractivity contribution is 6.02. The van der Waals surface area contributed by atoms with Crippen molar-refractivity contribution >= 4 is 23.4 Å². The van der Waals surface area contributed by atoms with Gasteiger partial charge in [-0.05, 0) is 55.8 Å². The summed E-state index contributed by atoms with van der Waals surface area (Å²) in [7, 11) is 0. The van der Waals surface area contributed by atoms with Crippen molar-refractivity contribution in [1.29, 1.82) is 0 Å². The molecule has 0 aliphatic heterocycles. The molecular formula is C21H18N4O4. The zero-order chi connectivity index (χ0) is 20.8. The molecule has 2 aromatic carbocycles. The second-order valence-electron chi connectivity index (χ2n) is 6.23. The highest BCUT2D eigenvalue weighted by Crippen LogP contribution is 2.22. The van der Waals surface area contributed by atoms with Crippen LogP contribution in [0.25, 0.3) is 6.08 Å². The molecular weight excluding hydrogens is 372 g/mol. The number of nitro benzene ring substituents is 1. The number of nitrogens with one attached hydrogen (secondary N) is 1. The molecule has 146 valence electrons. The molecule has 3 rings (SSSR count). The molecule has 0 fully saturated rings. The van der Waals surface area contributed by atoms with Crippen molar-refractivity contribution < 1.29 is 14.5 Å². The number of nitro groups is 1. The normalized spacial score (nSPS) is 10.7. The van der Waals surface area contributed by atoms with E-state index in [-0.39, 0.29) is 17.6 Å². The first-order valence-corrected chi connectivity index (χ1v) is 8.73. The summed E-state index contributed by atoms with van der Waals surface area (Å²) in [6, 6.07) is 14.9. The van der Waals surface area contributed by atoms with E-state index < -0.39 is 4.92 Å². The summed E-state index contributed by atoms with van der Waals surface area (Å²) in [6.45, 7) is 3.71. The van der Waals surface area contributed by atoms with Gasteiger partial charge in [-0.1, -0.05) is 6.07 Å². The SMILES string of the molecule is Cc1cc(C)nc(Oc2cccc(NC(=O)/C=C/c3ccc([N+](=O)[O-])cc3)c2)n1. The highest BCUT2D eigenvalue weighted by atomic mass is 16.6. The Morgan fingerprint density at radius 2 is 1.76 bits per heavy atom. The lowest BCUT2D eigenvalue weighted by Crippen LogP contribution is -2.07. The molecule has 0 atom stereocenters. The van der Waals surface area contributed by atoms with Crippen molar-refractivity contribution in [2.45, 2.75) is 13.8 Å². The van der Waals surface area contributed by atoms with Crippen molar-refractivity contribution in [3.8, 4) is 11.8 Å². The summed E-state index contributed by atoms with van der Waals surface area (Å²) in [5.74, 6) is 0.148. The van der Waals surface area contributed by atoms with E-state index in [0.29, 0.717) is 17.0 Å². The number of carbonyl (C=O) groups is 1. The third kappa shape index (κ3) is 5.70. The van der Waals surface area contributed by atoms with E-state index in [1.807, 2.05) is 19.9 Å². The Bertz CT molecular complexity index is 1060. The van der Waals surface area contributed by atoms with E-state index >= 15 is 0 Å². The molecule has 1 amide bonds. The van der Waals surface area contributed by atoms with Crippen LogP contribution in [-0.4, -0.2) is 20.8 Å². The molecule has 8 nitrogen and oxygen atoms in total. The molecule has 29 heavy (non-hydrogen) atoms. The van der Waals surface area contributed by atoms with Gasteiger partial charge in [0.1, 0.15) is 5.75 Å². The minimum absolute atomic E-state index is 0.00352. The van der Waals surface area contributed by atoms with E-state index in [2.05, 4.69) is 15.3 Å². The van der Waals surface area contributed by atoms with Crippen LogP contribution in [0.3, 0.4) is 0 Å². The van der Waals surface area contributed by atoms with Crippen LogP contribution in [0.5, 0.6) is 11.8 Å². The number of carbonyl (C=O) groups excluding carboxylic acids is 1. The topological polar surface area (TPSA) is 107 Å². The summed E-state index contributed by atoms with van der Waals surface area (Å²) in [6.07, 6.45) is 2.92. The molecule has 1 heterocycles. The van der Waals surface area contributed by atoms with E-state index in [1.165, 1.54) is 18.2 Å². The maximum atomic E-state index is 12.1. The average Bonchev–Trinajstić information content (AvgIpc) is 2.66. The van der Waals surface area contributed by atoms with E-state index in [9.17, 15) is 14.9 Å². The Hall–Kier alpha value is -4.07. The fraction of sp³-hybridized carbons (Fsp3) is 0.0952. The Labute approximate surface area is 167 Å². The van der Waals surface area contributed by atoms with Gasteiger partial charge in [0.15, 0.2) is 0 Å². The third-order valence-electron chi connectivity index (χ3n) is 3.80. The van der Waals surface area contributed by atoms with Gasteiger partial charge in [0.2, 0.25) is 5.91 Å². The molecule has 0 unspecified atom stereocenters.